The van der Waals surface area contributed by atoms with E-state index in [2.05, 4.69) is 37.4 Å². The zero-order valence-corrected chi connectivity index (χ0v) is 12.4. The van der Waals surface area contributed by atoms with Crippen LogP contribution in [0, 0.1) is 5.92 Å². The molecule has 0 saturated heterocycles. The van der Waals surface area contributed by atoms with Crippen molar-refractivity contribution >= 4 is 0 Å². The Hall–Kier alpha value is -1.06. The average Bonchev–Trinajstić information content (AvgIpc) is 2.47. The number of benzene rings is 1. The van der Waals surface area contributed by atoms with E-state index < -0.39 is 0 Å². The zero-order valence-electron chi connectivity index (χ0n) is 12.4. The Morgan fingerprint density at radius 1 is 1.32 bits per heavy atom. The number of aliphatic hydroxyl groups excluding tert-OH is 1. The highest BCUT2D eigenvalue weighted by molar-refractivity contribution is 5.37. The van der Waals surface area contributed by atoms with Crippen LogP contribution in [0.3, 0.4) is 0 Å². The molecule has 0 aliphatic rings. The zero-order chi connectivity index (χ0) is 14.1. The number of methoxy groups -OCH3 is 1. The summed E-state index contributed by atoms with van der Waals surface area (Å²) < 4.78 is 5.33. The van der Waals surface area contributed by atoms with Crippen molar-refractivity contribution in [3.05, 3.63) is 29.3 Å². The van der Waals surface area contributed by atoms with Gasteiger partial charge in [-0.3, -0.25) is 0 Å². The van der Waals surface area contributed by atoms with Gasteiger partial charge in [-0.25, -0.2) is 0 Å². The molecule has 0 bridgehead atoms. The third-order valence-corrected chi connectivity index (χ3v) is 3.58. The van der Waals surface area contributed by atoms with Gasteiger partial charge >= 0.3 is 0 Å². The van der Waals surface area contributed by atoms with Crippen molar-refractivity contribution in [3.8, 4) is 5.75 Å². The number of hydrogen-bond donors (Lipinski definition) is 2. The molecule has 108 valence electrons. The molecular weight excluding hydrogens is 238 g/mol. The minimum Gasteiger partial charge on any atom is -0.496 e. The van der Waals surface area contributed by atoms with Crippen LogP contribution in [0.25, 0.3) is 0 Å². The van der Waals surface area contributed by atoms with Crippen LogP contribution >= 0.6 is 0 Å². The van der Waals surface area contributed by atoms with Gasteiger partial charge in [-0.2, -0.15) is 0 Å². The summed E-state index contributed by atoms with van der Waals surface area (Å²) in [5.74, 6) is 1.35. The van der Waals surface area contributed by atoms with E-state index in [4.69, 9.17) is 9.84 Å². The van der Waals surface area contributed by atoms with E-state index in [9.17, 15) is 0 Å². The van der Waals surface area contributed by atoms with E-state index >= 15 is 0 Å². The van der Waals surface area contributed by atoms with E-state index in [1.807, 2.05) is 0 Å². The van der Waals surface area contributed by atoms with Crippen molar-refractivity contribution in [2.24, 2.45) is 5.92 Å². The quantitative estimate of drug-likeness (QED) is 0.674. The highest BCUT2D eigenvalue weighted by Crippen LogP contribution is 2.20. The Morgan fingerprint density at radius 2 is 2.11 bits per heavy atom. The lowest BCUT2D eigenvalue weighted by molar-refractivity contribution is 0.219. The number of rotatable bonds is 9. The normalized spacial score (nSPS) is 12.4. The van der Waals surface area contributed by atoms with E-state index in [1.165, 1.54) is 11.1 Å². The molecule has 0 aromatic heterocycles. The van der Waals surface area contributed by atoms with Gasteiger partial charge < -0.3 is 15.2 Å². The standard InChI is InChI=1S/C16H27NO2/c1-4-13(12-18)11-17-9-8-14-6-7-16(19-3)15(5-2)10-14/h6-7,10,13,17-18H,4-5,8-9,11-12H2,1-3H3. The number of ether oxygens (including phenoxy) is 1. The molecule has 1 rings (SSSR count). The first-order valence-corrected chi connectivity index (χ1v) is 7.22. The SMILES string of the molecule is CCc1cc(CCNCC(CC)CO)ccc1OC. The van der Waals surface area contributed by atoms with Gasteiger partial charge in [0.25, 0.3) is 0 Å². The molecule has 19 heavy (non-hydrogen) atoms. The van der Waals surface area contributed by atoms with E-state index in [-0.39, 0.29) is 6.61 Å². The fourth-order valence-electron chi connectivity index (χ4n) is 2.14. The van der Waals surface area contributed by atoms with Crippen LogP contribution in [0.15, 0.2) is 18.2 Å². The molecule has 3 heteroatoms. The molecular formula is C16H27NO2. The Bertz CT molecular complexity index is 362. The number of nitrogens with one attached hydrogen (secondary N) is 1. The van der Waals surface area contributed by atoms with Crippen LogP contribution in [0.2, 0.25) is 0 Å². The van der Waals surface area contributed by atoms with Gasteiger partial charge in [0.05, 0.1) is 7.11 Å². The molecule has 2 N–H and O–H groups in total. The molecule has 1 atom stereocenters. The van der Waals surface area contributed by atoms with Crippen molar-refractivity contribution < 1.29 is 9.84 Å². The van der Waals surface area contributed by atoms with Gasteiger partial charge in [-0.15, -0.1) is 0 Å². The summed E-state index contributed by atoms with van der Waals surface area (Å²) in [6, 6.07) is 6.41. The Kier molecular flexibility index (Phi) is 7.53. The third kappa shape index (κ3) is 5.21. The topological polar surface area (TPSA) is 41.5 Å². The highest BCUT2D eigenvalue weighted by atomic mass is 16.5. The molecule has 1 aromatic carbocycles. The van der Waals surface area contributed by atoms with Crippen molar-refractivity contribution in [1.29, 1.82) is 0 Å². The molecule has 0 aliphatic heterocycles. The lowest BCUT2D eigenvalue weighted by Gasteiger charge is -2.13. The maximum Gasteiger partial charge on any atom is 0.122 e. The minimum absolute atomic E-state index is 0.270. The Morgan fingerprint density at radius 3 is 2.68 bits per heavy atom. The minimum atomic E-state index is 0.270. The van der Waals surface area contributed by atoms with Crippen LogP contribution in [-0.4, -0.2) is 31.9 Å². The van der Waals surface area contributed by atoms with Crippen LogP contribution in [0.4, 0.5) is 0 Å². The highest BCUT2D eigenvalue weighted by Gasteiger charge is 2.05. The lowest BCUT2D eigenvalue weighted by Crippen LogP contribution is -2.26. The number of aliphatic hydroxyl groups is 1. The Labute approximate surface area is 117 Å². The number of aryl methyl sites for hydroxylation is 1. The maximum atomic E-state index is 9.11. The summed E-state index contributed by atoms with van der Waals surface area (Å²) in [5, 5.41) is 12.5. The molecule has 0 saturated carbocycles. The third-order valence-electron chi connectivity index (χ3n) is 3.58. The van der Waals surface area contributed by atoms with Gasteiger partial charge in [0, 0.05) is 13.2 Å². The molecule has 3 nitrogen and oxygen atoms in total. The molecule has 0 fully saturated rings. The van der Waals surface area contributed by atoms with E-state index in [1.54, 1.807) is 7.11 Å². The van der Waals surface area contributed by atoms with Crippen molar-refractivity contribution in [2.45, 2.75) is 33.1 Å². The molecule has 0 aliphatic carbocycles. The fraction of sp³-hybridized carbons (Fsp3) is 0.625. The van der Waals surface area contributed by atoms with Gasteiger partial charge in [-0.1, -0.05) is 26.0 Å². The predicted molar refractivity (Wildman–Crippen MR) is 79.8 cm³/mol. The lowest BCUT2D eigenvalue weighted by atomic mass is 10.0. The molecule has 0 spiro atoms. The predicted octanol–water partition coefficient (Wildman–Crippen LogP) is 2.41. The largest absolute Gasteiger partial charge is 0.496 e. The van der Waals surface area contributed by atoms with Crippen LogP contribution in [0.1, 0.15) is 31.4 Å². The molecule has 1 unspecified atom stereocenters. The first-order chi connectivity index (χ1) is 9.24. The summed E-state index contributed by atoms with van der Waals surface area (Å²) in [4.78, 5) is 0. The monoisotopic (exact) mass is 265 g/mol. The van der Waals surface area contributed by atoms with E-state index in [0.717, 1.165) is 38.1 Å². The van der Waals surface area contributed by atoms with Crippen LogP contribution in [-0.2, 0) is 12.8 Å². The summed E-state index contributed by atoms with van der Waals surface area (Å²) in [6.07, 6.45) is 3.03. The molecule has 0 amide bonds. The molecule has 0 radical (unpaired) electrons. The van der Waals surface area contributed by atoms with Crippen LogP contribution in [0.5, 0.6) is 5.75 Å². The summed E-state index contributed by atoms with van der Waals surface area (Å²) >= 11 is 0. The first kappa shape index (κ1) is 16.0. The fourth-order valence-corrected chi connectivity index (χ4v) is 2.14. The Balaban J connectivity index is 2.41. The van der Waals surface area contributed by atoms with Crippen LogP contribution < -0.4 is 10.1 Å². The molecule has 1 aromatic rings. The first-order valence-electron chi connectivity index (χ1n) is 7.22. The molecule has 0 heterocycles. The van der Waals surface area contributed by atoms with E-state index in [0.29, 0.717) is 5.92 Å². The maximum absolute atomic E-state index is 9.11. The summed E-state index contributed by atoms with van der Waals surface area (Å²) in [7, 11) is 1.72. The number of hydrogen-bond acceptors (Lipinski definition) is 3. The average molecular weight is 265 g/mol. The second-order valence-corrected chi connectivity index (χ2v) is 4.91. The smallest absolute Gasteiger partial charge is 0.122 e. The van der Waals surface area contributed by atoms with Crippen molar-refractivity contribution in [3.63, 3.8) is 0 Å². The van der Waals surface area contributed by atoms with Gasteiger partial charge in [0.2, 0.25) is 0 Å². The van der Waals surface area contributed by atoms with Crippen molar-refractivity contribution in [1.82, 2.24) is 5.32 Å². The van der Waals surface area contributed by atoms with Crippen molar-refractivity contribution in [2.75, 3.05) is 26.8 Å². The summed E-state index contributed by atoms with van der Waals surface area (Å²) in [5.41, 5.74) is 2.60. The van der Waals surface area contributed by atoms with Gasteiger partial charge in [0.15, 0.2) is 0 Å². The summed E-state index contributed by atoms with van der Waals surface area (Å²) in [6.45, 7) is 6.37. The second-order valence-electron chi connectivity index (χ2n) is 4.91. The van der Waals surface area contributed by atoms with Gasteiger partial charge in [0.1, 0.15) is 5.75 Å². The second kappa shape index (κ2) is 8.94. The van der Waals surface area contributed by atoms with Gasteiger partial charge in [-0.05, 0) is 48.9 Å².